The number of sulfone groups is 1. The van der Waals surface area contributed by atoms with Crippen molar-refractivity contribution >= 4 is 50.7 Å². The van der Waals surface area contributed by atoms with E-state index in [4.69, 9.17) is 16.7 Å². The summed E-state index contributed by atoms with van der Waals surface area (Å²) in [5, 5.41) is 13.7. The first-order valence-electron chi connectivity index (χ1n) is 8.16. The first-order chi connectivity index (χ1) is 13.6. The number of anilines is 2. The summed E-state index contributed by atoms with van der Waals surface area (Å²) < 4.78 is 25.8. The number of likely N-dealkylation sites (N-methyl/N-ethyl adjacent to an activating group) is 1. The third-order valence-electron chi connectivity index (χ3n) is 3.94. The molecule has 0 saturated carbocycles. The van der Waals surface area contributed by atoms with Gasteiger partial charge in [-0.05, 0) is 24.3 Å². The highest BCUT2D eigenvalue weighted by Gasteiger charge is 2.29. The Morgan fingerprint density at radius 3 is 2.55 bits per heavy atom. The van der Waals surface area contributed by atoms with Crippen molar-refractivity contribution in [3.05, 3.63) is 47.6 Å². The van der Waals surface area contributed by atoms with Crippen LogP contribution in [0.3, 0.4) is 0 Å². The molecule has 0 radical (unpaired) electrons. The van der Waals surface area contributed by atoms with Crippen LogP contribution in [0, 0.1) is 0 Å². The maximum atomic E-state index is 13.0. The van der Waals surface area contributed by atoms with Crippen molar-refractivity contribution in [2.45, 2.75) is 4.90 Å². The molecule has 2 aromatic heterocycles. The number of aromatic nitrogens is 3. The molecule has 0 saturated heterocycles. The van der Waals surface area contributed by atoms with E-state index in [1.807, 2.05) is 0 Å². The number of hydrogen-bond acceptors (Lipinski definition) is 6. The van der Waals surface area contributed by atoms with E-state index in [0.717, 1.165) is 16.1 Å². The number of rotatable bonds is 5. The molecule has 152 valence electrons. The molecular formula is C17H16ClN5O5S. The van der Waals surface area contributed by atoms with E-state index in [-0.39, 0.29) is 16.5 Å². The molecule has 29 heavy (non-hydrogen) atoms. The van der Waals surface area contributed by atoms with Gasteiger partial charge in [0.15, 0.2) is 15.5 Å². The smallest absolute Gasteiger partial charge is 0.407 e. The Morgan fingerprint density at radius 1 is 1.21 bits per heavy atom. The molecule has 2 amide bonds. The fourth-order valence-corrected chi connectivity index (χ4v) is 3.61. The molecule has 0 unspecified atom stereocenters. The molecule has 0 aliphatic rings. The van der Waals surface area contributed by atoms with E-state index >= 15 is 0 Å². The van der Waals surface area contributed by atoms with Gasteiger partial charge in [0.2, 0.25) is 0 Å². The number of benzene rings is 1. The van der Waals surface area contributed by atoms with Crippen LogP contribution in [-0.2, 0) is 14.6 Å². The van der Waals surface area contributed by atoms with E-state index in [1.54, 1.807) is 18.2 Å². The second-order valence-electron chi connectivity index (χ2n) is 6.17. The number of pyridine rings is 1. The summed E-state index contributed by atoms with van der Waals surface area (Å²) in [7, 11) is -2.49. The summed E-state index contributed by atoms with van der Waals surface area (Å²) in [5.74, 6) is -0.847. The van der Waals surface area contributed by atoms with Crippen LogP contribution in [-0.4, -0.2) is 64.9 Å². The fourth-order valence-electron chi connectivity index (χ4n) is 2.59. The van der Waals surface area contributed by atoms with Gasteiger partial charge in [-0.3, -0.25) is 4.79 Å². The number of carboxylic acid groups (broad SMARTS) is 1. The minimum absolute atomic E-state index is 0.0146. The number of halogens is 1. The van der Waals surface area contributed by atoms with Crippen molar-refractivity contribution in [2.75, 3.05) is 24.7 Å². The van der Waals surface area contributed by atoms with Crippen LogP contribution in [0.2, 0.25) is 5.02 Å². The van der Waals surface area contributed by atoms with Crippen molar-refractivity contribution in [2.24, 2.45) is 0 Å². The lowest BCUT2D eigenvalue weighted by molar-refractivity contribution is -0.118. The molecular weight excluding hydrogens is 422 g/mol. The predicted octanol–water partition coefficient (Wildman–Crippen LogP) is 2.06. The lowest BCUT2D eigenvalue weighted by Gasteiger charge is -2.23. The Kier molecular flexibility index (Phi) is 5.44. The Balaban J connectivity index is 2.19. The molecule has 0 bridgehead atoms. The highest BCUT2D eigenvalue weighted by atomic mass is 35.5. The molecule has 3 aromatic rings. The number of hydrogen-bond donors (Lipinski definition) is 1. The van der Waals surface area contributed by atoms with E-state index in [2.05, 4.69) is 10.1 Å². The van der Waals surface area contributed by atoms with Crippen molar-refractivity contribution in [1.82, 2.24) is 19.5 Å². The zero-order valence-corrected chi connectivity index (χ0v) is 16.9. The van der Waals surface area contributed by atoms with E-state index in [1.165, 1.54) is 36.0 Å². The largest absolute Gasteiger partial charge is 0.465 e. The van der Waals surface area contributed by atoms with Gasteiger partial charge in [-0.15, -0.1) is 5.10 Å². The number of carbonyl (C=O) groups is 2. The number of fused-ring (bicyclic) bond motifs is 1. The Bertz CT molecular complexity index is 1210. The van der Waals surface area contributed by atoms with Crippen molar-refractivity contribution in [1.29, 1.82) is 0 Å². The lowest BCUT2D eigenvalue weighted by Crippen LogP contribution is -2.39. The average molecular weight is 438 g/mol. The minimum atomic E-state index is -3.71. The van der Waals surface area contributed by atoms with Crippen molar-refractivity contribution < 1.29 is 23.1 Å². The van der Waals surface area contributed by atoms with Gasteiger partial charge in [0.25, 0.3) is 11.9 Å². The summed E-state index contributed by atoms with van der Waals surface area (Å²) in [6.07, 6.45) is 1.17. The first-order valence-corrected chi connectivity index (χ1v) is 10.4. The van der Waals surface area contributed by atoms with Gasteiger partial charge >= 0.3 is 6.09 Å². The van der Waals surface area contributed by atoms with Crippen molar-refractivity contribution in [3.63, 3.8) is 0 Å². The predicted molar refractivity (Wildman–Crippen MR) is 105 cm³/mol. The van der Waals surface area contributed by atoms with E-state index in [9.17, 15) is 18.0 Å². The quantitative estimate of drug-likeness (QED) is 0.647. The van der Waals surface area contributed by atoms with E-state index in [0.29, 0.717) is 10.7 Å². The van der Waals surface area contributed by atoms with Gasteiger partial charge in [0.1, 0.15) is 6.54 Å². The maximum absolute atomic E-state index is 13.0. The second-order valence-corrected chi connectivity index (χ2v) is 8.59. The van der Waals surface area contributed by atoms with Gasteiger partial charge in [-0.1, -0.05) is 23.7 Å². The first kappa shape index (κ1) is 20.6. The normalized spacial score (nSPS) is 11.4. The van der Waals surface area contributed by atoms with Gasteiger partial charge in [0, 0.05) is 19.5 Å². The number of amides is 2. The average Bonchev–Trinajstić information content (AvgIpc) is 3.03. The molecule has 12 heteroatoms. The summed E-state index contributed by atoms with van der Waals surface area (Å²) in [4.78, 5) is 30.0. The molecule has 10 nitrogen and oxygen atoms in total. The number of para-hydroxylation sites is 1. The van der Waals surface area contributed by atoms with Gasteiger partial charge < -0.3 is 10.0 Å². The Labute approximate surface area is 170 Å². The summed E-state index contributed by atoms with van der Waals surface area (Å²) in [5.41, 5.74) is 0.381. The maximum Gasteiger partial charge on any atom is 0.407 e. The highest BCUT2D eigenvalue weighted by Crippen LogP contribution is 2.30. The van der Waals surface area contributed by atoms with E-state index < -0.39 is 28.4 Å². The molecule has 1 N–H and O–H groups in total. The molecule has 1 aromatic carbocycles. The molecule has 0 aliphatic carbocycles. The fraction of sp³-hybridized carbons (Fsp3) is 0.176. The molecule has 2 heterocycles. The minimum Gasteiger partial charge on any atom is -0.465 e. The third-order valence-corrected chi connectivity index (χ3v) is 5.31. The van der Waals surface area contributed by atoms with Crippen LogP contribution in [0.15, 0.2) is 47.5 Å². The molecule has 0 fully saturated rings. The molecule has 3 rings (SSSR count). The van der Waals surface area contributed by atoms with Crippen molar-refractivity contribution in [3.8, 4) is 0 Å². The molecule has 0 aliphatic heterocycles. The van der Waals surface area contributed by atoms with Crippen LogP contribution >= 0.6 is 11.6 Å². The second kappa shape index (κ2) is 7.68. The summed E-state index contributed by atoms with van der Waals surface area (Å²) in [6.45, 7) is -0.538. The lowest BCUT2D eigenvalue weighted by atomic mass is 10.3. The third kappa shape index (κ3) is 4.30. The highest BCUT2D eigenvalue weighted by molar-refractivity contribution is 7.90. The Hall–Kier alpha value is -3.18. The van der Waals surface area contributed by atoms with Crippen LogP contribution in [0.5, 0.6) is 0 Å². The van der Waals surface area contributed by atoms with Crippen LogP contribution < -0.4 is 4.90 Å². The van der Waals surface area contributed by atoms with Crippen LogP contribution in [0.4, 0.5) is 16.4 Å². The van der Waals surface area contributed by atoms with Crippen LogP contribution in [0.25, 0.3) is 5.65 Å². The van der Waals surface area contributed by atoms with Crippen LogP contribution in [0.1, 0.15) is 0 Å². The van der Waals surface area contributed by atoms with Gasteiger partial charge in [0.05, 0.1) is 15.6 Å². The monoisotopic (exact) mass is 437 g/mol. The zero-order valence-electron chi connectivity index (χ0n) is 15.4. The standard InChI is InChI=1S/C17H16ClN5O5S/c1-21(17(25)26)10-15(24)23(12-5-3-4-6-13(12)29(2,27)28)16-19-14-8-7-11(18)9-22(14)20-16/h3-9H,10H2,1-2H3,(H,25,26). The van der Waals surface area contributed by atoms with Gasteiger partial charge in [-0.25, -0.2) is 22.6 Å². The Morgan fingerprint density at radius 2 is 1.90 bits per heavy atom. The molecule has 0 atom stereocenters. The SMILES string of the molecule is CN(CC(=O)N(c1nc2ccc(Cl)cn2n1)c1ccccc1S(C)(=O)=O)C(=O)O. The van der Waals surface area contributed by atoms with Gasteiger partial charge in [-0.2, -0.15) is 4.98 Å². The topological polar surface area (TPSA) is 125 Å². The summed E-state index contributed by atoms with van der Waals surface area (Å²) in [6, 6.07) is 9.00. The summed E-state index contributed by atoms with van der Waals surface area (Å²) >= 11 is 5.96. The molecule has 0 spiro atoms. The number of carbonyl (C=O) groups excluding carboxylic acids is 1. The number of nitrogens with zero attached hydrogens (tertiary/aromatic N) is 5. The zero-order chi connectivity index (χ0) is 21.3.